The molecule has 0 aromatic heterocycles. The maximum absolute atomic E-state index is 9.61. The van der Waals surface area contributed by atoms with Gasteiger partial charge in [0.2, 0.25) is 0 Å². The van der Waals surface area contributed by atoms with Crippen molar-refractivity contribution in [2.45, 2.75) is 24.4 Å². The van der Waals surface area contributed by atoms with Crippen LogP contribution in [0, 0.1) is 11.3 Å². The van der Waals surface area contributed by atoms with E-state index < -0.39 is 5.41 Å². The molecule has 4 heteroatoms. The van der Waals surface area contributed by atoms with Gasteiger partial charge in [-0.1, -0.05) is 140 Å². The minimum Gasteiger partial charge on any atom is -0.457 e. The summed E-state index contributed by atoms with van der Waals surface area (Å²) in [6.45, 7) is 0. The van der Waals surface area contributed by atoms with Gasteiger partial charge in [-0.3, -0.25) is 4.99 Å². The molecule has 1 N–H and O–H groups in total. The first-order valence-corrected chi connectivity index (χ1v) is 19.3. The second kappa shape index (κ2) is 12.7. The number of hydrogen-bond acceptors (Lipinski definition) is 4. The maximum atomic E-state index is 9.61. The Labute approximate surface area is 326 Å². The number of fused-ring (bicyclic) bond motifs is 9. The summed E-state index contributed by atoms with van der Waals surface area (Å²) < 4.78 is 6.69. The van der Waals surface area contributed by atoms with Crippen molar-refractivity contribution in [1.82, 2.24) is 5.32 Å². The Morgan fingerprint density at radius 1 is 0.661 bits per heavy atom. The number of allylic oxidation sites excluding steroid dienone is 5. The average Bonchev–Trinajstić information content (AvgIpc) is 3.56. The lowest BCUT2D eigenvalue weighted by molar-refractivity contribution is 0.432. The van der Waals surface area contributed by atoms with Gasteiger partial charge in [0.25, 0.3) is 0 Å². The van der Waals surface area contributed by atoms with Crippen molar-refractivity contribution in [1.29, 1.82) is 5.26 Å². The Morgan fingerprint density at radius 3 is 2.14 bits per heavy atom. The van der Waals surface area contributed by atoms with Gasteiger partial charge in [0.05, 0.1) is 22.8 Å². The van der Waals surface area contributed by atoms with E-state index in [0.717, 1.165) is 69.1 Å². The van der Waals surface area contributed by atoms with Gasteiger partial charge in [-0.2, -0.15) is 5.26 Å². The number of aliphatic imine (C=N–C) groups is 1. The lowest BCUT2D eigenvalue weighted by atomic mass is 9.63. The minimum atomic E-state index is -0.577. The zero-order valence-corrected chi connectivity index (χ0v) is 30.5. The van der Waals surface area contributed by atoms with Gasteiger partial charge in [0, 0.05) is 28.0 Å². The third-order valence-electron chi connectivity index (χ3n) is 11.9. The van der Waals surface area contributed by atoms with Gasteiger partial charge in [-0.05, 0) is 99.0 Å². The molecule has 56 heavy (non-hydrogen) atoms. The highest BCUT2D eigenvalue weighted by molar-refractivity contribution is 6.16. The zero-order chi connectivity index (χ0) is 37.2. The van der Waals surface area contributed by atoms with E-state index in [-0.39, 0.29) is 6.17 Å². The number of ether oxygens (including phenoxy) is 1. The highest BCUT2D eigenvalue weighted by atomic mass is 16.5. The van der Waals surface area contributed by atoms with E-state index in [2.05, 4.69) is 175 Å². The molecule has 0 saturated heterocycles. The first-order chi connectivity index (χ1) is 27.7. The molecule has 0 radical (unpaired) electrons. The van der Waals surface area contributed by atoms with Gasteiger partial charge in [0.15, 0.2) is 0 Å². The molecule has 264 valence electrons. The first-order valence-electron chi connectivity index (χ1n) is 19.3. The van der Waals surface area contributed by atoms with Crippen LogP contribution >= 0.6 is 0 Å². The number of para-hydroxylation sites is 2. The molecule has 11 rings (SSSR count). The van der Waals surface area contributed by atoms with E-state index >= 15 is 0 Å². The third kappa shape index (κ3) is 4.81. The summed E-state index contributed by atoms with van der Waals surface area (Å²) in [5.41, 5.74) is 15.1. The average molecular weight is 718 g/mol. The van der Waals surface area contributed by atoms with Gasteiger partial charge < -0.3 is 10.1 Å². The number of nitrogens with one attached hydrogen (secondary N) is 1. The van der Waals surface area contributed by atoms with E-state index in [9.17, 15) is 5.26 Å². The van der Waals surface area contributed by atoms with Crippen LogP contribution in [0.4, 0.5) is 0 Å². The monoisotopic (exact) mass is 717 g/mol. The summed E-state index contributed by atoms with van der Waals surface area (Å²) in [5, 5.41) is 15.8. The lowest BCUT2D eigenvalue weighted by Crippen LogP contribution is -2.34. The Balaban J connectivity index is 1.16. The standard InChI is InChI=1S/C52H35N3O/c53-32-33-24-26-35(27-25-33)39-17-11-21-44-50(39)41-29-28-37(30-45(41)52(44)42-19-6-8-22-48(42)56-49-23-9-7-20-43(49)52)46-31-47(55-51(54-46)36-13-2-1-3-14-36)40-18-10-15-34-12-4-5-16-38(34)40/h1-10,12-20,22-31,51,55H,11,21H2. The lowest BCUT2D eigenvalue weighted by Gasteiger charge is -2.41. The van der Waals surface area contributed by atoms with Crippen molar-refractivity contribution < 1.29 is 4.74 Å². The summed E-state index contributed by atoms with van der Waals surface area (Å²) in [6.07, 6.45) is 6.17. The summed E-state index contributed by atoms with van der Waals surface area (Å²) in [6, 6.07) is 60.1. The van der Waals surface area contributed by atoms with Crippen LogP contribution in [-0.4, -0.2) is 5.71 Å². The SMILES string of the molecule is N#Cc1ccc(C2=CCCC3=C2c2ccc(C4=NC(c5ccccc5)NC(c5cccc6ccccc56)=C4)cc2C32c3ccccc3Oc3ccccc32)cc1. The molecule has 0 bridgehead atoms. The van der Waals surface area contributed by atoms with Gasteiger partial charge in [-0.15, -0.1) is 0 Å². The van der Waals surface area contributed by atoms with Gasteiger partial charge >= 0.3 is 0 Å². The van der Waals surface area contributed by atoms with Crippen LogP contribution in [0.2, 0.25) is 0 Å². The van der Waals surface area contributed by atoms with Gasteiger partial charge in [0.1, 0.15) is 17.7 Å². The highest BCUT2D eigenvalue weighted by Gasteiger charge is 2.53. The fourth-order valence-corrected chi connectivity index (χ4v) is 9.52. The molecule has 1 unspecified atom stereocenters. The zero-order valence-electron chi connectivity index (χ0n) is 30.5. The molecular formula is C52H35N3O. The molecule has 0 saturated carbocycles. The number of nitrogens with zero attached hydrogens (tertiary/aromatic N) is 2. The van der Waals surface area contributed by atoms with Crippen LogP contribution in [0.15, 0.2) is 187 Å². The van der Waals surface area contributed by atoms with Crippen molar-refractivity contribution >= 4 is 33.3 Å². The van der Waals surface area contributed by atoms with E-state index in [0.29, 0.717) is 5.56 Å². The maximum Gasteiger partial charge on any atom is 0.145 e. The molecule has 2 aliphatic carbocycles. The fraction of sp³-hybridized carbons (Fsp3) is 0.0769. The quantitative estimate of drug-likeness (QED) is 0.197. The number of hydrogen-bond donors (Lipinski definition) is 1. The van der Waals surface area contributed by atoms with Gasteiger partial charge in [-0.25, -0.2) is 0 Å². The van der Waals surface area contributed by atoms with Crippen LogP contribution < -0.4 is 10.1 Å². The van der Waals surface area contributed by atoms with Crippen LogP contribution in [-0.2, 0) is 5.41 Å². The molecule has 4 nitrogen and oxygen atoms in total. The summed E-state index contributed by atoms with van der Waals surface area (Å²) >= 11 is 0. The summed E-state index contributed by atoms with van der Waals surface area (Å²) in [5.74, 6) is 1.76. The Bertz CT molecular complexity index is 2870. The smallest absolute Gasteiger partial charge is 0.145 e. The van der Waals surface area contributed by atoms with Crippen LogP contribution in [0.1, 0.15) is 69.1 Å². The van der Waals surface area contributed by atoms with E-state index in [1.807, 2.05) is 12.1 Å². The van der Waals surface area contributed by atoms with E-state index in [1.165, 1.54) is 38.6 Å². The van der Waals surface area contributed by atoms with Crippen molar-refractivity contribution in [3.63, 3.8) is 0 Å². The van der Waals surface area contributed by atoms with Crippen molar-refractivity contribution in [2.75, 3.05) is 0 Å². The molecular weight excluding hydrogens is 683 g/mol. The molecule has 1 spiro atoms. The predicted octanol–water partition coefficient (Wildman–Crippen LogP) is 11.9. The Hall–Kier alpha value is -7.22. The largest absolute Gasteiger partial charge is 0.457 e. The fourth-order valence-electron chi connectivity index (χ4n) is 9.52. The van der Waals surface area contributed by atoms with E-state index in [4.69, 9.17) is 9.73 Å². The normalized spacial score (nSPS) is 17.3. The minimum absolute atomic E-state index is 0.269. The Kier molecular flexibility index (Phi) is 7.30. The summed E-state index contributed by atoms with van der Waals surface area (Å²) in [7, 11) is 0. The van der Waals surface area contributed by atoms with Crippen LogP contribution in [0.25, 0.3) is 27.6 Å². The molecule has 7 aromatic carbocycles. The first kappa shape index (κ1) is 32.2. The summed E-state index contributed by atoms with van der Waals surface area (Å²) in [4.78, 5) is 5.45. The second-order valence-corrected chi connectivity index (χ2v) is 14.9. The Morgan fingerprint density at radius 2 is 1.36 bits per heavy atom. The molecule has 1 atom stereocenters. The van der Waals surface area contributed by atoms with Crippen LogP contribution in [0.3, 0.4) is 0 Å². The molecule has 7 aromatic rings. The number of rotatable bonds is 4. The molecule has 0 amide bonds. The van der Waals surface area contributed by atoms with Crippen molar-refractivity contribution in [3.05, 3.63) is 232 Å². The molecule has 0 fully saturated rings. The van der Waals surface area contributed by atoms with Crippen molar-refractivity contribution in [2.24, 2.45) is 4.99 Å². The third-order valence-corrected chi connectivity index (χ3v) is 11.9. The predicted molar refractivity (Wildman–Crippen MR) is 225 cm³/mol. The van der Waals surface area contributed by atoms with Crippen LogP contribution in [0.5, 0.6) is 11.5 Å². The van der Waals surface area contributed by atoms with E-state index in [1.54, 1.807) is 0 Å². The number of benzene rings is 7. The second-order valence-electron chi connectivity index (χ2n) is 14.9. The molecule has 4 aliphatic rings. The molecule has 2 heterocycles. The molecule has 2 aliphatic heterocycles. The van der Waals surface area contributed by atoms with Crippen molar-refractivity contribution in [3.8, 4) is 17.6 Å². The highest BCUT2D eigenvalue weighted by Crippen LogP contribution is 2.64. The topological polar surface area (TPSA) is 57.4 Å². The number of nitriles is 1.